The van der Waals surface area contributed by atoms with Gasteiger partial charge in [-0.3, -0.25) is 4.99 Å². The molecule has 0 amide bonds. The van der Waals surface area contributed by atoms with Gasteiger partial charge in [0.1, 0.15) is 0 Å². The van der Waals surface area contributed by atoms with E-state index in [1.165, 1.54) is 0 Å². The summed E-state index contributed by atoms with van der Waals surface area (Å²) in [4.78, 5) is 4.00. The van der Waals surface area contributed by atoms with Crippen molar-refractivity contribution >= 4 is 29.4 Å². The topological polar surface area (TPSA) is 24.4 Å². The van der Waals surface area contributed by atoms with Crippen molar-refractivity contribution in [2.75, 3.05) is 6.54 Å². The molecular weight excluding hydrogens is 600 g/mol. The Morgan fingerprint density at radius 1 is 0.463 bits per heavy atom. The van der Waals surface area contributed by atoms with Crippen LogP contribution in [0.3, 0.4) is 0 Å². The van der Waals surface area contributed by atoms with Gasteiger partial charge in [-0.1, -0.05) is 0 Å². The molecule has 0 bridgehead atoms. The first-order chi connectivity index (χ1) is 18.9. The first-order valence-corrected chi connectivity index (χ1v) is 10.7. The second kappa shape index (κ2) is 11.2. The molecule has 1 aliphatic rings. The Kier molecular flexibility index (Phi) is 8.65. The van der Waals surface area contributed by atoms with Crippen molar-refractivity contribution in [3.05, 3.63) is 87.3 Å². The zero-order valence-corrected chi connectivity index (χ0v) is 20.0. The van der Waals surface area contributed by atoms with Gasteiger partial charge in [-0.05, 0) is 13.8 Å². The maximum absolute atomic E-state index is 14.4. The highest BCUT2D eigenvalue weighted by Gasteiger charge is 2.45. The Labute approximate surface area is 219 Å². The first-order valence-electron chi connectivity index (χ1n) is 10.7. The molecule has 0 fully saturated rings. The minimum Gasteiger partial charge on any atom is -0.370 e. The molecule has 18 heteroatoms. The van der Waals surface area contributed by atoms with Gasteiger partial charge in [0.15, 0.2) is 87.3 Å². The third kappa shape index (κ3) is 5.30. The fourth-order valence-corrected chi connectivity index (χ4v) is 3.60. The predicted octanol–water partition coefficient (Wildman–Crippen LogP) is 4.69. The van der Waals surface area contributed by atoms with Crippen LogP contribution in [-0.4, -0.2) is 25.1 Å². The molecule has 41 heavy (non-hydrogen) atoms. The van der Waals surface area contributed by atoms with Crippen LogP contribution in [0.4, 0.5) is 65.9 Å². The number of hydrogen-bond acceptors (Lipinski definition) is 2. The van der Waals surface area contributed by atoms with Crippen LogP contribution in [0.25, 0.3) is 0 Å². The van der Waals surface area contributed by atoms with Crippen molar-refractivity contribution in [3.8, 4) is 0 Å². The van der Waals surface area contributed by atoms with E-state index in [2.05, 4.69) is 24.2 Å². The molecule has 0 saturated heterocycles. The summed E-state index contributed by atoms with van der Waals surface area (Å²) in [5.41, 5.74) is -7.81. The van der Waals surface area contributed by atoms with Crippen molar-refractivity contribution in [2.24, 2.45) is 4.99 Å². The fraction of sp³-hybridized carbons (Fsp3) is 0.174. The lowest BCUT2D eigenvalue weighted by molar-refractivity contribution is 0.380. The van der Waals surface area contributed by atoms with Crippen LogP contribution < -0.4 is 21.7 Å². The molecule has 0 spiro atoms. The van der Waals surface area contributed by atoms with Crippen LogP contribution in [-0.2, 0) is 0 Å². The molecule has 0 aliphatic carbocycles. The lowest BCUT2D eigenvalue weighted by atomic mass is 9.36. The Balaban J connectivity index is 0.000000575. The monoisotopic (exact) mass is 610 g/mol. The SMILES string of the molecule is CC1(C)CN=CN1.Fc1c(F)c(F)c(B(c2c(F)c(F)c(F)c(F)c2F)c2c(F)c(F)c(F)c(F)c2F)c(F)c1F. The predicted molar refractivity (Wildman–Crippen MR) is 114 cm³/mol. The number of aliphatic imine (C=N–C) groups is 1. The van der Waals surface area contributed by atoms with E-state index < -0.39 is 110 Å². The highest BCUT2D eigenvalue weighted by atomic mass is 19.2. The number of nitrogens with one attached hydrogen (secondary N) is 1. The molecule has 4 rings (SSSR count). The Morgan fingerprint density at radius 2 is 0.683 bits per heavy atom. The smallest absolute Gasteiger partial charge is 0.265 e. The van der Waals surface area contributed by atoms with Crippen molar-refractivity contribution < 1.29 is 65.9 Å². The average molecular weight is 610 g/mol. The zero-order chi connectivity index (χ0) is 31.3. The van der Waals surface area contributed by atoms with Crippen molar-refractivity contribution in [1.29, 1.82) is 0 Å². The Hall–Kier alpha value is -3.86. The number of halogens is 15. The summed E-state index contributed by atoms with van der Waals surface area (Å²) in [6.07, 6.45) is 1.76. The highest BCUT2D eigenvalue weighted by Crippen LogP contribution is 2.23. The van der Waals surface area contributed by atoms with Crippen LogP contribution in [0, 0.1) is 87.3 Å². The van der Waals surface area contributed by atoms with Crippen molar-refractivity contribution in [1.82, 2.24) is 5.32 Å². The van der Waals surface area contributed by atoms with Gasteiger partial charge in [0.2, 0.25) is 0 Å². The molecule has 0 atom stereocenters. The van der Waals surface area contributed by atoms with E-state index in [0.29, 0.717) is 0 Å². The summed E-state index contributed by atoms with van der Waals surface area (Å²) in [7, 11) is 0. The molecule has 1 N–H and O–H groups in total. The summed E-state index contributed by atoms with van der Waals surface area (Å²) in [5.74, 6) is -45.2. The molecule has 220 valence electrons. The van der Waals surface area contributed by atoms with E-state index in [0.717, 1.165) is 6.54 Å². The largest absolute Gasteiger partial charge is 0.370 e. The zero-order valence-electron chi connectivity index (χ0n) is 20.0. The van der Waals surface area contributed by atoms with Gasteiger partial charge in [-0.25, -0.2) is 65.9 Å². The maximum atomic E-state index is 14.4. The molecule has 0 radical (unpaired) electrons. The Morgan fingerprint density at radius 3 is 0.829 bits per heavy atom. The molecule has 1 aliphatic heterocycles. The van der Waals surface area contributed by atoms with Gasteiger partial charge in [0, 0.05) is 16.4 Å². The van der Waals surface area contributed by atoms with E-state index in [9.17, 15) is 65.9 Å². The van der Waals surface area contributed by atoms with Crippen molar-refractivity contribution in [3.63, 3.8) is 0 Å². The van der Waals surface area contributed by atoms with E-state index in [-0.39, 0.29) is 5.54 Å². The maximum Gasteiger partial charge on any atom is 0.265 e. The molecule has 0 saturated carbocycles. The molecule has 1 heterocycles. The second-order valence-electron chi connectivity index (χ2n) is 8.88. The molecule has 0 aromatic heterocycles. The lowest BCUT2D eigenvalue weighted by Gasteiger charge is -2.21. The first kappa shape index (κ1) is 31.7. The van der Waals surface area contributed by atoms with Gasteiger partial charge in [-0.15, -0.1) is 0 Å². The van der Waals surface area contributed by atoms with Gasteiger partial charge in [0.05, 0.1) is 18.4 Å². The summed E-state index contributed by atoms with van der Waals surface area (Å²) < 4.78 is 209. The fourth-order valence-electron chi connectivity index (χ4n) is 3.60. The minimum atomic E-state index is -3.96. The van der Waals surface area contributed by atoms with E-state index in [4.69, 9.17) is 0 Å². The number of benzene rings is 3. The summed E-state index contributed by atoms with van der Waals surface area (Å²) in [5, 5.41) is 3.10. The molecule has 3 aromatic carbocycles. The summed E-state index contributed by atoms with van der Waals surface area (Å²) >= 11 is 0. The minimum absolute atomic E-state index is 0.222. The third-order valence-electron chi connectivity index (χ3n) is 5.63. The van der Waals surface area contributed by atoms with Gasteiger partial charge in [0.25, 0.3) is 6.71 Å². The summed E-state index contributed by atoms with van der Waals surface area (Å²) in [6, 6.07) is 0. The van der Waals surface area contributed by atoms with Crippen LogP contribution in [0.5, 0.6) is 0 Å². The highest BCUT2D eigenvalue weighted by molar-refractivity contribution is 6.95. The van der Waals surface area contributed by atoms with Gasteiger partial charge >= 0.3 is 0 Å². The van der Waals surface area contributed by atoms with Gasteiger partial charge in [-0.2, -0.15) is 0 Å². The summed E-state index contributed by atoms with van der Waals surface area (Å²) in [6.45, 7) is 1.20. The van der Waals surface area contributed by atoms with E-state index in [1.54, 1.807) is 6.34 Å². The lowest BCUT2D eigenvalue weighted by Crippen LogP contribution is -2.60. The van der Waals surface area contributed by atoms with E-state index >= 15 is 0 Å². The van der Waals surface area contributed by atoms with Crippen LogP contribution in [0.1, 0.15) is 13.8 Å². The molecule has 2 nitrogen and oxygen atoms in total. The third-order valence-corrected chi connectivity index (χ3v) is 5.63. The quantitative estimate of drug-likeness (QED) is 0.198. The number of nitrogens with zero attached hydrogens (tertiary/aromatic N) is 1. The number of hydrogen-bond donors (Lipinski definition) is 1. The Bertz CT molecular complexity index is 1330. The second-order valence-corrected chi connectivity index (χ2v) is 8.88. The normalized spacial score (nSPS) is 13.7. The van der Waals surface area contributed by atoms with Crippen molar-refractivity contribution in [2.45, 2.75) is 19.4 Å². The number of rotatable bonds is 3. The standard InChI is InChI=1S/C18BF15.C5H10N2/c20-4-1(5(21)11(27)16(32)10(4)26)19(2-6(22)12(28)17(33)13(29)7(2)23)3-8(24)14(30)18(34)15(31)9(3)25;1-5(2)3-6-4-7-5/h;4H,3H2,1-2H3,(H,6,7). The van der Waals surface area contributed by atoms with Crippen LogP contribution in [0.15, 0.2) is 4.99 Å². The molecule has 0 unspecified atom stereocenters. The van der Waals surface area contributed by atoms with Gasteiger partial charge < -0.3 is 5.32 Å². The van der Waals surface area contributed by atoms with Crippen LogP contribution >= 0.6 is 0 Å². The van der Waals surface area contributed by atoms with E-state index in [1.807, 2.05) is 0 Å². The molecular formula is C23H10BF15N2. The average Bonchev–Trinajstić information content (AvgIpc) is 3.34. The van der Waals surface area contributed by atoms with Crippen LogP contribution in [0.2, 0.25) is 0 Å². The molecule has 3 aromatic rings.